The van der Waals surface area contributed by atoms with Gasteiger partial charge in [0.25, 0.3) is 11.6 Å². The zero-order valence-electron chi connectivity index (χ0n) is 16.1. The molecule has 2 atom stereocenters. The SMILES string of the molecule is CC1N=C(NC(=O)c2ccc([N+](=O)[O-])cc2)SC1c1csc(Nc2ccc(Cl)cc2)n1. The number of hydrogen-bond donors (Lipinski definition) is 2. The molecule has 8 nitrogen and oxygen atoms in total. The van der Waals surface area contributed by atoms with Crippen LogP contribution in [0.4, 0.5) is 16.5 Å². The van der Waals surface area contributed by atoms with Crippen LogP contribution in [0.1, 0.15) is 28.2 Å². The molecule has 0 saturated heterocycles. The lowest BCUT2D eigenvalue weighted by molar-refractivity contribution is -0.384. The highest BCUT2D eigenvalue weighted by atomic mass is 35.5. The minimum absolute atomic E-state index is 0.0239. The van der Waals surface area contributed by atoms with Gasteiger partial charge in [0.2, 0.25) is 0 Å². The topological polar surface area (TPSA) is 110 Å². The van der Waals surface area contributed by atoms with E-state index >= 15 is 0 Å². The fourth-order valence-electron chi connectivity index (χ4n) is 2.91. The largest absolute Gasteiger partial charge is 0.332 e. The molecule has 1 aromatic heterocycles. The zero-order valence-corrected chi connectivity index (χ0v) is 18.5. The van der Waals surface area contributed by atoms with Crippen molar-refractivity contribution < 1.29 is 9.72 Å². The summed E-state index contributed by atoms with van der Waals surface area (Å²) < 4.78 is 0. The second-order valence-corrected chi connectivity index (χ2v) is 9.11. The second-order valence-electron chi connectivity index (χ2n) is 6.68. The van der Waals surface area contributed by atoms with Crippen LogP contribution < -0.4 is 10.6 Å². The van der Waals surface area contributed by atoms with Crippen molar-refractivity contribution in [2.24, 2.45) is 4.99 Å². The molecule has 0 aliphatic carbocycles. The molecule has 0 spiro atoms. The molecule has 0 bridgehead atoms. The Morgan fingerprint density at radius 2 is 1.87 bits per heavy atom. The van der Waals surface area contributed by atoms with Crippen molar-refractivity contribution in [2.45, 2.75) is 18.2 Å². The van der Waals surface area contributed by atoms with E-state index in [9.17, 15) is 14.9 Å². The van der Waals surface area contributed by atoms with Gasteiger partial charge in [-0.2, -0.15) is 0 Å². The summed E-state index contributed by atoms with van der Waals surface area (Å²) in [7, 11) is 0. The standard InChI is InChI=1S/C20H16ClN5O3S2/c1-11-17(16-10-30-19(24-16)23-14-6-4-13(21)5-7-14)31-20(22-11)25-18(27)12-2-8-15(9-3-12)26(28)29/h2-11,17H,1H3,(H,23,24)(H,22,25,27). The second kappa shape index (κ2) is 9.04. The zero-order chi connectivity index (χ0) is 22.0. The lowest BCUT2D eigenvalue weighted by atomic mass is 10.2. The van der Waals surface area contributed by atoms with E-state index in [2.05, 4.69) is 20.6 Å². The average molecular weight is 474 g/mol. The molecule has 2 unspecified atom stereocenters. The Morgan fingerprint density at radius 3 is 2.55 bits per heavy atom. The molecule has 1 amide bonds. The van der Waals surface area contributed by atoms with Gasteiger partial charge in [0.05, 0.1) is 21.9 Å². The Labute approximate surface area is 190 Å². The van der Waals surface area contributed by atoms with Gasteiger partial charge in [0.1, 0.15) is 0 Å². The maximum absolute atomic E-state index is 12.5. The number of nitro groups is 1. The van der Waals surface area contributed by atoms with Crippen molar-refractivity contribution in [3.05, 3.63) is 80.3 Å². The summed E-state index contributed by atoms with van der Waals surface area (Å²) in [5.74, 6) is -0.364. The van der Waals surface area contributed by atoms with Crippen LogP contribution in [-0.4, -0.2) is 27.0 Å². The van der Waals surface area contributed by atoms with E-state index < -0.39 is 4.92 Å². The number of non-ortho nitro benzene ring substituents is 1. The molecule has 2 N–H and O–H groups in total. The normalized spacial score (nSPS) is 17.8. The van der Waals surface area contributed by atoms with E-state index in [0.717, 1.165) is 16.5 Å². The van der Waals surface area contributed by atoms with Gasteiger partial charge in [0, 0.05) is 33.8 Å². The Bertz CT molecular complexity index is 1150. The Hall–Kier alpha value is -2.95. The van der Waals surface area contributed by atoms with Crippen LogP contribution in [0.25, 0.3) is 0 Å². The molecule has 4 rings (SSSR count). The summed E-state index contributed by atoms with van der Waals surface area (Å²) in [6, 6.07) is 12.7. The first-order chi connectivity index (χ1) is 14.9. The van der Waals surface area contributed by atoms with Crippen molar-refractivity contribution in [1.82, 2.24) is 10.3 Å². The number of carbonyl (C=O) groups excluding carboxylic acids is 1. The Morgan fingerprint density at radius 1 is 1.16 bits per heavy atom. The lowest BCUT2D eigenvalue weighted by Gasteiger charge is -2.10. The Kier molecular flexibility index (Phi) is 6.21. The van der Waals surface area contributed by atoms with Crippen molar-refractivity contribution in [3.63, 3.8) is 0 Å². The van der Waals surface area contributed by atoms with Gasteiger partial charge in [-0.15, -0.1) is 11.3 Å². The number of anilines is 2. The molecule has 11 heteroatoms. The average Bonchev–Trinajstić information content (AvgIpc) is 3.35. The van der Waals surface area contributed by atoms with E-state index in [1.165, 1.54) is 47.4 Å². The molecule has 1 aliphatic heterocycles. The predicted molar refractivity (Wildman–Crippen MR) is 125 cm³/mol. The number of nitrogens with zero attached hydrogens (tertiary/aromatic N) is 3. The van der Waals surface area contributed by atoms with Crippen molar-refractivity contribution >= 4 is 62.3 Å². The predicted octanol–water partition coefficient (Wildman–Crippen LogP) is 5.41. The van der Waals surface area contributed by atoms with E-state index in [1.807, 2.05) is 24.4 Å². The highest BCUT2D eigenvalue weighted by Gasteiger charge is 2.31. The van der Waals surface area contributed by atoms with Crippen LogP contribution in [0.3, 0.4) is 0 Å². The molecule has 158 valence electrons. The fraction of sp³-hybridized carbons (Fsp3) is 0.150. The fourth-order valence-corrected chi connectivity index (χ4v) is 5.00. The van der Waals surface area contributed by atoms with Gasteiger partial charge < -0.3 is 10.6 Å². The summed E-state index contributed by atoms with van der Waals surface area (Å²) in [6.07, 6.45) is 0. The van der Waals surface area contributed by atoms with Gasteiger partial charge in [-0.05, 0) is 43.3 Å². The number of nitrogens with one attached hydrogen (secondary N) is 2. The number of carbonyl (C=O) groups is 1. The molecule has 0 saturated carbocycles. The first kappa shape index (κ1) is 21.3. The van der Waals surface area contributed by atoms with Gasteiger partial charge >= 0.3 is 0 Å². The first-order valence-corrected chi connectivity index (χ1v) is 11.3. The van der Waals surface area contributed by atoms with Crippen LogP contribution in [0.2, 0.25) is 5.02 Å². The summed E-state index contributed by atoms with van der Waals surface area (Å²) in [6.45, 7) is 1.97. The smallest absolute Gasteiger partial charge is 0.269 e. The van der Waals surface area contributed by atoms with Crippen molar-refractivity contribution in [2.75, 3.05) is 5.32 Å². The number of amidine groups is 1. The number of hydrogen-bond acceptors (Lipinski definition) is 8. The Balaban J connectivity index is 1.38. The number of rotatable bonds is 5. The number of nitro benzene ring substituents is 1. The van der Waals surface area contributed by atoms with Gasteiger partial charge in [-0.3, -0.25) is 19.9 Å². The molecular formula is C20H16ClN5O3S2. The molecule has 2 heterocycles. The van der Waals surface area contributed by atoms with Gasteiger partial charge in [-0.1, -0.05) is 23.4 Å². The van der Waals surface area contributed by atoms with Crippen molar-refractivity contribution in [1.29, 1.82) is 0 Å². The van der Waals surface area contributed by atoms with Crippen LogP contribution in [0.15, 0.2) is 58.9 Å². The maximum atomic E-state index is 12.5. The highest BCUT2D eigenvalue weighted by molar-refractivity contribution is 8.14. The minimum atomic E-state index is -0.505. The highest BCUT2D eigenvalue weighted by Crippen LogP contribution is 2.40. The quantitative estimate of drug-likeness (QED) is 0.378. The third-order valence-electron chi connectivity index (χ3n) is 4.47. The molecule has 3 aromatic rings. The molecule has 0 radical (unpaired) electrons. The molecule has 0 fully saturated rings. The number of benzene rings is 2. The maximum Gasteiger partial charge on any atom is 0.269 e. The number of aliphatic imine (C=N–C) groups is 1. The number of amides is 1. The minimum Gasteiger partial charge on any atom is -0.332 e. The third-order valence-corrected chi connectivity index (χ3v) is 6.82. The van der Waals surface area contributed by atoms with E-state index in [0.29, 0.717) is 15.8 Å². The summed E-state index contributed by atoms with van der Waals surface area (Å²) in [5, 5.41) is 20.7. The summed E-state index contributed by atoms with van der Waals surface area (Å²) >= 11 is 8.84. The third kappa shape index (κ3) is 5.04. The van der Waals surface area contributed by atoms with E-state index in [1.54, 1.807) is 12.1 Å². The molecule has 2 aromatic carbocycles. The van der Waals surface area contributed by atoms with Crippen LogP contribution in [0.5, 0.6) is 0 Å². The van der Waals surface area contributed by atoms with Crippen LogP contribution in [0, 0.1) is 10.1 Å². The first-order valence-electron chi connectivity index (χ1n) is 9.17. The van der Waals surface area contributed by atoms with Crippen LogP contribution >= 0.6 is 34.7 Å². The number of thiazole rings is 1. The monoisotopic (exact) mass is 473 g/mol. The van der Waals surface area contributed by atoms with E-state index in [-0.39, 0.29) is 22.9 Å². The van der Waals surface area contributed by atoms with Crippen molar-refractivity contribution in [3.8, 4) is 0 Å². The van der Waals surface area contributed by atoms with Gasteiger partial charge in [0.15, 0.2) is 10.3 Å². The lowest BCUT2D eigenvalue weighted by Crippen LogP contribution is -2.27. The van der Waals surface area contributed by atoms with Crippen LogP contribution in [-0.2, 0) is 0 Å². The number of aromatic nitrogens is 1. The van der Waals surface area contributed by atoms with Gasteiger partial charge in [-0.25, -0.2) is 4.98 Å². The molecule has 1 aliphatic rings. The summed E-state index contributed by atoms with van der Waals surface area (Å²) in [4.78, 5) is 31.9. The summed E-state index contributed by atoms with van der Waals surface area (Å²) in [5.41, 5.74) is 2.03. The number of thioether (sulfide) groups is 1. The van der Waals surface area contributed by atoms with E-state index in [4.69, 9.17) is 11.6 Å². The molecule has 31 heavy (non-hydrogen) atoms. The molecular weight excluding hydrogens is 458 g/mol. The number of halogens is 1.